The van der Waals surface area contributed by atoms with Crippen LogP contribution in [0.15, 0.2) is 24.3 Å². The lowest BCUT2D eigenvalue weighted by molar-refractivity contribution is -0.118. The molecule has 19 heavy (non-hydrogen) atoms. The van der Waals surface area contributed by atoms with Crippen LogP contribution in [0.1, 0.15) is 38.7 Å². The molecule has 1 aromatic carbocycles. The summed E-state index contributed by atoms with van der Waals surface area (Å²) in [5.74, 6) is 0.262. The Bertz CT molecular complexity index is 429. The van der Waals surface area contributed by atoms with Crippen LogP contribution >= 0.6 is 0 Å². The summed E-state index contributed by atoms with van der Waals surface area (Å²) >= 11 is 0. The lowest BCUT2D eigenvalue weighted by atomic mass is 10.0. The third kappa shape index (κ3) is 3.80. The van der Waals surface area contributed by atoms with E-state index in [-0.39, 0.29) is 5.91 Å². The van der Waals surface area contributed by atoms with Crippen molar-refractivity contribution < 1.29 is 4.79 Å². The van der Waals surface area contributed by atoms with Crippen LogP contribution in [0.25, 0.3) is 0 Å². The van der Waals surface area contributed by atoms with E-state index in [2.05, 4.69) is 37.4 Å². The number of para-hydroxylation sites is 1. The van der Waals surface area contributed by atoms with Crippen LogP contribution in [0.5, 0.6) is 0 Å². The Morgan fingerprint density at radius 1 is 1.37 bits per heavy atom. The average molecular weight is 260 g/mol. The second-order valence-electron chi connectivity index (χ2n) is 5.49. The van der Waals surface area contributed by atoms with E-state index in [9.17, 15) is 4.79 Å². The summed E-state index contributed by atoms with van der Waals surface area (Å²) in [6.07, 6.45) is 3.71. The maximum Gasteiger partial charge on any atom is 0.227 e. The summed E-state index contributed by atoms with van der Waals surface area (Å²) in [5, 5.41) is 3.35. The van der Waals surface area contributed by atoms with Gasteiger partial charge in [-0.15, -0.1) is 0 Å². The molecule has 1 amide bonds. The number of aryl methyl sites for hydroxylation is 1. The van der Waals surface area contributed by atoms with E-state index >= 15 is 0 Å². The first-order chi connectivity index (χ1) is 9.18. The monoisotopic (exact) mass is 260 g/mol. The first kappa shape index (κ1) is 14.1. The molecule has 104 valence electrons. The molecule has 0 unspecified atom stereocenters. The summed E-state index contributed by atoms with van der Waals surface area (Å²) in [6.45, 7) is 6.04. The molecule has 1 aliphatic rings. The number of nitrogens with one attached hydrogen (secondary N) is 1. The Labute approximate surface area is 116 Å². The molecule has 1 heterocycles. The van der Waals surface area contributed by atoms with Gasteiger partial charge in [0.15, 0.2) is 0 Å². The van der Waals surface area contributed by atoms with Crippen LogP contribution < -0.4 is 10.2 Å². The molecular formula is C16H24N2O. The van der Waals surface area contributed by atoms with Gasteiger partial charge in [-0.1, -0.05) is 32.0 Å². The number of benzene rings is 1. The quantitative estimate of drug-likeness (QED) is 0.826. The Morgan fingerprint density at radius 2 is 2.16 bits per heavy atom. The molecule has 3 heteroatoms. The lowest BCUT2D eigenvalue weighted by Gasteiger charge is -2.29. The van der Waals surface area contributed by atoms with Crippen molar-refractivity contribution in [3.05, 3.63) is 29.8 Å². The summed E-state index contributed by atoms with van der Waals surface area (Å²) in [4.78, 5) is 14.3. The van der Waals surface area contributed by atoms with Crippen molar-refractivity contribution in [3.8, 4) is 0 Å². The van der Waals surface area contributed by atoms with Crippen molar-refractivity contribution >= 4 is 11.6 Å². The van der Waals surface area contributed by atoms with Crippen molar-refractivity contribution in [1.29, 1.82) is 0 Å². The standard InChI is InChI=1S/C16H24N2O/c1-13(2)17-11-5-10-16(19)18-12-6-8-14-7-3-4-9-15(14)18/h3-4,7,9,13,17H,5-6,8,10-12H2,1-2H3. The number of rotatable bonds is 5. The van der Waals surface area contributed by atoms with Gasteiger partial charge in [0.1, 0.15) is 0 Å². The topological polar surface area (TPSA) is 32.3 Å². The fourth-order valence-electron chi connectivity index (χ4n) is 2.56. The van der Waals surface area contributed by atoms with Crippen molar-refractivity contribution in [1.82, 2.24) is 5.32 Å². The summed E-state index contributed by atoms with van der Waals surface area (Å²) in [7, 11) is 0. The van der Waals surface area contributed by atoms with Gasteiger partial charge in [0, 0.05) is 24.7 Å². The van der Waals surface area contributed by atoms with Crippen LogP contribution in [-0.4, -0.2) is 25.0 Å². The van der Waals surface area contributed by atoms with Crippen LogP contribution in [0.4, 0.5) is 5.69 Å². The highest BCUT2D eigenvalue weighted by atomic mass is 16.2. The molecular weight excluding hydrogens is 236 g/mol. The Balaban J connectivity index is 1.90. The Kier molecular flexibility index (Phi) is 4.97. The number of hydrogen-bond donors (Lipinski definition) is 1. The minimum Gasteiger partial charge on any atom is -0.315 e. The van der Waals surface area contributed by atoms with Gasteiger partial charge in [-0.05, 0) is 37.4 Å². The number of amides is 1. The van der Waals surface area contributed by atoms with E-state index in [0.717, 1.165) is 38.0 Å². The van der Waals surface area contributed by atoms with E-state index in [4.69, 9.17) is 0 Å². The van der Waals surface area contributed by atoms with E-state index < -0.39 is 0 Å². The average Bonchev–Trinajstić information content (AvgIpc) is 2.42. The molecule has 0 aliphatic carbocycles. The normalized spacial score (nSPS) is 14.6. The van der Waals surface area contributed by atoms with Gasteiger partial charge in [-0.2, -0.15) is 0 Å². The molecule has 0 atom stereocenters. The second kappa shape index (κ2) is 6.71. The second-order valence-corrected chi connectivity index (χ2v) is 5.49. The van der Waals surface area contributed by atoms with Gasteiger partial charge in [0.05, 0.1) is 0 Å². The highest BCUT2D eigenvalue weighted by molar-refractivity contribution is 5.94. The molecule has 3 nitrogen and oxygen atoms in total. The van der Waals surface area contributed by atoms with Crippen molar-refractivity contribution in [2.45, 2.75) is 45.6 Å². The molecule has 0 saturated heterocycles. The zero-order valence-corrected chi connectivity index (χ0v) is 12.0. The molecule has 1 aliphatic heterocycles. The van der Waals surface area contributed by atoms with Gasteiger partial charge in [0.25, 0.3) is 0 Å². The van der Waals surface area contributed by atoms with Crippen molar-refractivity contribution in [3.63, 3.8) is 0 Å². The molecule has 0 fully saturated rings. The Morgan fingerprint density at radius 3 is 2.95 bits per heavy atom. The van der Waals surface area contributed by atoms with Gasteiger partial charge in [-0.25, -0.2) is 0 Å². The predicted molar refractivity (Wildman–Crippen MR) is 79.5 cm³/mol. The van der Waals surface area contributed by atoms with Gasteiger partial charge in [0.2, 0.25) is 5.91 Å². The smallest absolute Gasteiger partial charge is 0.227 e. The van der Waals surface area contributed by atoms with Crippen LogP contribution in [0, 0.1) is 0 Å². The fraction of sp³-hybridized carbons (Fsp3) is 0.562. The van der Waals surface area contributed by atoms with Gasteiger partial charge >= 0.3 is 0 Å². The van der Waals surface area contributed by atoms with Crippen molar-refractivity contribution in [2.24, 2.45) is 0 Å². The maximum absolute atomic E-state index is 12.3. The van der Waals surface area contributed by atoms with E-state index in [1.54, 1.807) is 0 Å². The molecule has 0 radical (unpaired) electrons. The molecule has 2 rings (SSSR count). The number of hydrogen-bond acceptors (Lipinski definition) is 2. The molecule has 0 spiro atoms. The Hall–Kier alpha value is -1.35. The van der Waals surface area contributed by atoms with E-state index in [0.29, 0.717) is 12.5 Å². The van der Waals surface area contributed by atoms with Crippen LogP contribution in [-0.2, 0) is 11.2 Å². The SMILES string of the molecule is CC(C)NCCCC(=O)N1CCCc2ccccc21. The summed E-state index contributed by atoms with van der Waals surface area (Å²) < 4.78 is 0. The highest BCUT2D eigenvalue weighted by Gasteiger charge is 2.21. The number of fused-ring (bicyclic) bond motifs is 1. The molecule has 1 aromatic rings. The van der Waals surface area contributed by atoms with E-state index in [1.165, 1.54) is 5.56 Å². The molecule has 0 aromatic heterocycles. The number of carbonyl (C=O) groups is 1. The van der Waals surface area contributed by atoms with Crippen LogP contribution in [0.2, 0.25) is 0 Å². The van der Waals surface area contributed by atoms with Gasteiger partial charge < -0.3 is 10.2 Å². The number of carbonyl (C=O) groups excluding carboxylic acids is 1. The molecule has 1 N–H and O–H groups in total. The summed E-state index contributed by atoms with van der Waals surface area (Å²) in [6, 6.07) is 8.77. The first-order valence-electron chi connectivity index (χ1n) is 7.30. The highest BCUT2D eigenvalue weighted by Crippen LogP contribution is 2.27. The minimum absolute atomic E-state index is 0.262. The minimum atomic E-state index is 0.262. The van der Waals surface area contributed by atoms with E-state index in [1.807, 2.05) is 11.0 Å². The zero-order valence-electron chi connectivity index (χ0n) is 12.0. The van der Waals surface area contributed by atoms with Crippen LogP contribution in [0.3, 0.4) is 0 Å². The fourth-order valence-corrected chi connectivity index (χ4v) is 2.56. The predicted octanol–water partition coefficient (Wildman–Crippen LogP) is 2.74. The first-order valence-corrected chi connectivity index (χ1v) is 7.30. The zero-order chi connectivity index (χ0) is 13.7. The number of anilines is 1. The molecule has 0 saturated carbocycles. The van der Waals surface area contributed by atoms with Gasteiger partial charge in [-0.3, -0.25) is 4.79 Å². The summed E-state index contributed by atoms with van der Waals surface area (Å²) in [5.41, 5.74) is 2.43. The maximum atomic E-state index is 12.3. The van der Waals surface area contributed by atoms with Crippen molar-refractivity contribution in [2.75, 3.05) is 18.0 Å². The molecule has 0 bridgehead atoms. The number of nitrogens with zero attached hydrogens (tertiary/aromatic N) is 1. The largest absolute Gasteiger partial charge is 0.315 e. The third-order valence-corrected chi connectivity index (χ3v) is 3.53. The third-order valence-electron chi connectivity index (χ3n) is 3.53. The lowest BCUT2D eigenvalue weighted by Crippen LogP contribution is -2.36.